The first-order valence-corrected chi connectivity index (χ1v) is 7.73. The van der Waals surface area contributed by atoms with Crippen LogP contribution in [-0.4, -0.2) is 20.8 Å². The summed E-state index contributed by atoms with van der Waals surface area (Å²) in [4.78, 5) is 25.7. The third-order valence-electron chi connectivity index (χ3n) is 1.11. The molecule has 86 valence electrons. The molecule has 0 aromatic heterocycles. The molecule has 10 heteroatoms. The molecule has 14 heavy (non-hydrogen) atoms. The molecule has 0 bridgehead atoms. The maximum atomic E-state index is 10.2. The molecule has 0 aromatic carbocycles. The van der Waals surface area contributed by atoms with E-state index in [1.165, 1.54) is 0 Å². The van der Waals surface area contributed by atoms with Crippen molar-refractivity contribution in [2.75, 3.05) is 0 Å². The van der Waals surface area contributed by atoms with Gasteiger partial charge in [-0.1, -0.05) is 6.92 Å². The van der Waals surface area contributed by atoms with E-state index in [1.54, 1.807) is 13.8 Å². The molecule has 0 aliphatic heterocycles. The van der Waals surface area contributed by atoms with Gasteiger partial charge in [-0.15, -0.1) is 9.35 Å². The van der Waals surface area contributed by atoms with Crippen LogP contribution < -0.4 is 0 Å². The van der Waals surface area contributed by atoms with Gasteiger partial charge in [0.05, 0.1) is 6.10 Å². The van der Waals surface area contributed by atoms with Crippen LogP contribution in [0.5, 0.6) is 0 Å². The van der Waals surface area contributed by atoms with Crippen LogP contribution in [-0.2, 0) is 30.2 Å². The summed E-state index contributed by atoms with van der Waals surface area (Å²) in [6.45, 7) is -0.338. The molecule has 0 saturated carbocycles. The summed E-state index contributed by atoms with van der Waals surface area (Å²) in [5.41, 5.74) is 0. The second kappa shape index (κ2) is 5.65. The van der Waals surface area contributed by atoms with E-state index < -0.39 is 14.5 Å². The van der Waals surface area contributed by atoms with Gasteiger partial charge in [0.1, 0.15) is 0 Å². The molecule has 0 heterocycles. The molecule has 2 atom stereocenters. The third kappa shape index (κ3) is 7.99. The van der Waals surface area contributed by atoms with Gasteiger partial charge in [0.15, 0.2) is 0 Å². The van der Waals surface area contributed by atoms with E-state index in [2.05, 4.69) is 21.2 Å². The van der Waals surface area contributed by atoms with E-state index in [1.807, 2.05) is 0 Å². The predicted molar refractivity (Wildman–Crippen MR) is 51.6 cm³/mol. The predicted octanol–water partition coefficient (Wildman–Crippen LogP) is 1.06. The maximum absolute atomic E-state index is 10.2. The lowest BCUT2D eigenvalue weighted by molar-refractivity contribution is -0.138. The van der Waals surface area contributed by atoms with Crippen molar-refractivity contribution in [2.24, 2.45) is 0 Å². The minimum absolute atomic E-state index is 0.383. The summed E-state index contributed by atoms with van der Waals surface area (Å²) >= 11 is 4.41. The number of hydrogen-bond acceptors (Lipinski definition) is 5. The Hall–Kier alpha value is 0.640. The SMILES string of the molecule is CCC(C)OP(O)(=S)OOP(=O)(O)O. The first kappa shape index (κ1) is 14.6. The summed E-state index contributed by atoms with van der Waals surface area (Å²) in [6.07, 6.45) is 0.185. The van der Waals surface area contributed by atoms with Crippen LogP contribution in [0.2, 0.25) is 0 Å². The Morgan fingerprint density at radius 2 is 1.86 bits per heavy atom. The fourth-order valence-corrected chi connectivity index (χ4v) is 2.41. The van der Waals surface area contributed by atoms with E-state index in [0.29, 0.717) is 6.42 Å². The zero-order valence-corrected chi connectivity index (χ0v) is 10.2. The van der Waals surface area contributed by atoms with E-state index in [9.17, 15) is 9.46 Å². The minimum Gasteiger partial charge on any atom is -0.323 e. The van der Waals surface area contributed by atoms with Crippen molar-refractivity contribution in [1.29, 1.82) is 0 Å². The highest BCUT2D eigenvalue weighted by Crippen LogP contribution is 2.50. The molecule has 0 saturated heterocycles. The summed E-state index contributed by atoms with van der Waals surface area (Å²) in [6, 6.07) is 0. The van der Waals surface area contributed by atoms with Crippen LogP contribution in [0.1, 0.15) is 20.3 Å². The average molecular weight is 266 g/mol. The smallest absolute Gasteiger partial charge is 0.323 e. The van der Waals surface area contributed by atoms with Gasteiger partial charge in [-0.3, -0.25) is 0 Å². The highest BCUT2D eigenvalue weighted by Gasteiger charge is 2.25. The van der Waals surface area contributed by atoms with Crippen LogP contribution in [0.15, 0.2) is 0 Å². The fourth-order valence-electron chi connectivity index (χ4n) is 0.405. The molecule has 7 nitrogen and oxygen atoms in total. The molecule has 0 rings (SSSR count). The zero-order chi connectivity index (χ0) is 11.4. The molecular weight excluding hydrogens is 254 g/mol. The van der Waals surface area contributed by atoms with Crippen LogP contribution >= 0.6 is 14.5 Å². The van der Waals surface area contributed by atoms with Gasteiger partial charge in [-0.05, 0) is 25.2 Å². The van der Waals surface area contributed by atoms with E-state index in [4.69, 9.17) is 14.3 Å². The highest BCUT2D eigenvalue weighted by atomic mass is 32.5. The number of phosphoric acid groups is 1. The Bertz CT molecular complexity index is 262. The number of rotatable bonds is 6. The lowest BCUT2D eigenvalue weighted by Crippen LogP contribution is -2.05. The Morgan fingerprint density at radius 3 is 2.21 bits per heavy atom. The first-order chi connectivity index (χ1) is 6.16. The summed E-state index contributed by atoms with van der Waals surface area (Å²) in [5, 5.41) is 0. The summed E-state index contributed by atoms with van der Waals surface area (Å²) in [7, 11) is -4.82. The third-order valence-corrected chi connectivity index (χ3v) is 2.83. The van der Waals surface area contributed by atoms with E-state index in [-0.39, 0.29) is 6.10 Å². The number of hydrogen-bond donors (Lipinski definition) is 3. The minimum atomic E-state index is -4.82. The molecule has 0 aromatic rings. The van der Waals surface area contributed by atoms with Crippen LogP contribution in [0.3, 0.4) is 0 Å². The molecule has 0 fully saturated rings. The van der Waals surface area contributed by atoms with Crippen molar-refractivity contribution in [3.05, 3.63) is 0 Å². The van der Waals surface area contributed by atoms with Gasteiger partial charge in [0, 0.05) is 0 Å². The van der Waals surface area contributed by atoms with Crippen molar-refractivity contribution in [1.82, 2.24) is 0 Å². The van der Waals surface area contributed by atoms with Crippen molar-refractivity contribution < 1.29 is 33.1 Å². The topological polar surface area (TPSA) is 105 Å². The molecule has 0 aliphatic rings. The first-order valence-electron chi connectivity index (χ1n) is 3.61. The van der Waals surface area contributed by atoms with Gasteiger partial charge < -0.3 is 19.2 Å². The Labute approximate surface area is 86.4 Å². The Kier molecular flexibility index (Phi) is 5.91. The quantitative estimate of drug-likeness (QED) is 0.372. The molecule has 0 spiro atoms. The molecule has 0 amide bonds. The van der Waals surface area contributed by atoms with Crippen molar-refractivity contribution >= 4 is 26.3 Å². The van der Waals surface area contributed by atoms with Crippen LogP contribution in [0.4, 0.5) is 0 Å². The van der Waals surface area contributed by atoms with Crippen molar-refractivity contribution in [3.8, 4) is 0 Å². The van der Waals surface area contributed by atoms with Gasteiger partial charge in [-0.25, -0.2) is 4.57 Å². The maximum Gasteiger partial charge on any atom is 0.497 e. The van der Waals surface area contributed by atoms with Crippen molar-refractivity contribution in [2.45, 2.75) is 26.4 Å². The lowest BCUT2D eigenvalue weighted by atomic mass is 10.3. The largest absolute Gasteiger partial charge is 0.497 e. The Morgan fingerprint density at radius 1 is 1.36 bits per heavy atom. The van der Waals surface area contributed by atoms with Gasteiger partial charge in [0.25, 0.3) is 0 Å². The summed E-state index contributed by atoms with van der Waals surface area (Å²) in [5.74, 6) is 0. The second-order valence-corrected chi connectivity index (χ2v) is 6.24. The highest BCUT2D eigenvalue weighted by molar-refractivity contribution is 8.07. The van der Waals surface area contributed by atoms with Crippen molar-refractivity contribution in [3.63, 3.8) is 0 Å². The van der Waals surface area contributed by atoms with Crippen LogP contribution in [0.25, 0.3) is 0 Å². The van der Waals surface area contributed by atoms with Crippen LogP contribution in [0, 0.1) is 0 Å². The van der Waals surface area contributed by atoms with E-state index in [0.717, 1.165) is 0 Å². The second-order valence-electron chi connectivity index (χ2n) is 2.43. The summed E-state index contributed by atoms with van der Waals surface area (Å²) < 4.78 is 22.5. The normalized spacial score (nSPS) is 18.9. The van der Waals surface area contributed by atoms with Gasteiger partial charge >= 0.3 is 14.5 Å². The average Bonchev–Trinajstić information content (AvgIpc) is 1.99. The van der Waals surface area contributed by atoms with Gasteiger partial charge in [-0.2, -0.15) is 0 Å². The monoisotopic (exact) mass is 266 g/mol. The molecule has 0 radical (unpaired) electrons. The Balaban J connectivity index is 4.09. The molecular formula is C4H12O7P2S. The zero-order valence-electron chi connectivity index (χ0n) is 7.56. The van der Waals surface area contributed by atoms with Gasteiger partial charge in [0.2, 0.25) is 0 Å². The fraction of sp³-hybridized carbons (Fsp3) is 1.00. The standard InChI is InChI=1S/C4H12O7P2S/c1-3-4(2)9-13(8,14)11-10-12(5,6)7/h4H,3H2,1-2H3,(H,8,14)(H2,5,6,7). The molecule has 0 aliphatic carbocycles. The van der Waals surface area contributed by atoms with E-state index >= 15 is 0 Å². The molecule has 2 unspecified atom stereocenters. The lowest BCUT2D eigenvalue weighted by Gasteiger charge is -2.18. The molecule has 3 N–H and O–H groups in total.